The van der Waals surface area contributed by atoms with Gasteiger partial charge >= 0.3 is 0 Å². The molecule has 1 N–H and O–H groups in total. The molecule has 0 amide bonds. The van der Waals surface area contributed by atoms with E-state index in [4.69, 9.17) is 23.2 Å². The fourth-order valence-corrected chi connectivity index (χ4v) is 1.91. The lowest BCUT2D eigenvalue weighted by Crippen LogP contribution is -2.12. The number of benzene rings is 1. The molecule has 0 radical (unpaired) electrons. The smallest absolute Gasteiger partial charge is 0.0637 e. The Bertz CT molecular complexity index is 489. The number of halogens is 3. The first-order chi connectivity index (χ1) is 8.27. The van der Waals surface area contributed by atoms with Crippen molar-refractivity contribution in [1.82, 2.24) is 10.3 Å². The summed E-state index contributed by atoms with van der Waals surface area (Å²) < 4.78 is 0. The Morgan fingerprint density at radius 1 is 1.00 bits per heavy atom. The van der Waals surface area contributed by atoms with Crippen LogP contribution in [0, 0.1) is 0 Å². The number of hydrogen-bond donors (Lipinski definition) is 1. The molecular formula is C13H13Cl3N2. The van der Waals surface area contributed by atoms with E-state index in [-0.39, 0.29) is 12.4 Å². The highest BCUT2D eigenvalue weighted by molar-refractivity contribution is 6.42. The molecule has 0 unspecified atom stereocenters. The molecule has 1 aromatic carbocycles. The summed E-state index contributed by atoms with van der Waals surface area (Å²) >= 11 is 12.0. The van der Waals surface area contributed by atoms with Gasteiger partial charge in [0.25, 0.3) is 0 Å². The molecule has 0 aliphatic carbocycles. The predicted molar refractivity (Wildman–Crippen MR) is 78.5 cm³/mol. The Kier molecular flexibility index (Phi) is 6.44. The second-order valence-corrected chi connectivity index (χ2v) is 4.46. The summed E-state index contributed by atoms with van der Waals surface area (Å²) in [5, 5.41) is 4.53. The number of rotatable bonds is 4. The van der Waals surface area contributed by atoms with Gasteiger partial charge in [-0.1, -0.05) is 35.3 Å². The standard InChI is InChI=1S/C13H12Cl2N2.ClH/c14-12-3-1-2-11(13(12)15)9-17-8-10-4-6-16-7-5-10;/h1-7,17H,8-9H2;1H. The van der Waals surface area contributed by atoms with Gasteiger partial charge in [0.05, 0.1) is 10.0 Å². The number of hydrogen-bond acceptors (Lipinski definition) is 2. The van der Waals surface area contributed by atoms with Gasteiger partial charge in [-0.3, -0.25) is 4.98 Å². The quantitative estimate of drug-likeness (QED) is 0.920. The minimum absolute atomic E-state index is 0. The second kappa shape index (κ2) is 7.59. The van der Waals surface area contributed by atoms with Crippen molar-refractivity contribution in [2.24, 2.45) is 0 Å². The number of nitrogens with zero attached hydrogens (tertiary/aromatic N) is 1. The van der Waals surface area contributed by atoms with Crippen LogP contribution < -0.4 is 5.32 Å². The Labute approximate surface area is 123 Å². The van der Waals surface area contributed by atoms with E-state index in [2.05, 4.69) is 10.3 Å². The van der Waals surface area contributed by atoms with Crippen molar-refractivity contribution in [1.29, 1.82) is 0 Å². The molecule has 2 rings (SSSR count). The molecule has 18 heavy (non-hydrogen) atoms. The van der Waals surface area contributed by atoms with E-state index in [0.717, 1.165) is 12.1 Å². The van der Waals surface area contributed by atoms with E-state index in [1.807, 2.05) is 24.3 Å². The minimum Gasteiger partial charge on any atom is -0.309 e. The lowest BCUT2D eigenvalue weighted by Gasteiger charge is -2.07. The van der Waals surface area contributed by atoms with Gasteiger partial charge < -0.3 is 5.32 Å². The van der Waals surface area contributed by atoms with Crippen molar-refractivity contribution in [3.05, 3.63) is 63.9 Å². The minimum atomic E-state index is 0. The highest BCUT2D eigenvalue weighted by atomic mass is 35.5. The third-order valence-electron chi connectivity index (χ3n) is 2.43. The summed E-state index contributed by atoms with van der Waals surface area (Å²) in [4.78, 5) is 3.97. The fourth-order valence-electron chi connectivity index (χ4n) is 1.53. The highest BCUT2D eigenvalue weighted by Crippen LogP contribution is 2.25. The van der Waals surface area contributed by atoms with Gasteiger partial charge in [0.15, 0.2) is 0 Å². The third kappa shape index (κ3) is 4.14. The average Bonchev–Trinajstić information content (AvgIpc) is 2.36. The van der Waals surface area contributed by atoms with Crippen molar-refractivity contribution in [3.8, 4) is 0 Å². The molecule has 0 spiro atoms. The van der Waals surface area contributed by atoms with Crippen molar-refractivity contribution < 1.29 is 0 Å². The van der Waals surface area contributed by atoms with Crippen LogP contribution in [-0.4, -0.2) is 4.98 Å². The molecule has 96 valence electrons. The third-order valence-corrected chi connectivity index (χ3v) is 3.28. The first-order valence-corrected chi connectivity index (χ1v) is 6.05. The molecule has 0 bridgehead atoms. The van der Waals surface area contributed by atoms with Crippen LogP contribution in [-0.2, 0) is 13.1 Å². The van der Waals surface area contributed by atoms with Crippen LogP contribution in [0.25, 0.3) is 0 Å². The number of aromatic nitrogens is 1. The zero-order valence-corrected chi connectivity index (χ0v) is 11.9. The van der Waals surface area contributed by atoms with Crippen LogP contribution in [0.4, 0.5) is 0 Å². The molecular weight excluding hydrogens is 291 g/mol. The Balaban J connectivity index is 0.00000162. The fraction of sp³-hybridized carbons (Fsp3) is 0.154. The molecule has 0 aliphatic rings. The molecule has 0 fully saturated rings. The van der Waals surface area contributed by atoms with Gasteiger partial charge in [-0.25, -0.2) is 0 Å². The average molecular weight is 304 g/mol. The van der Waals surface area contributed by atoms with Crippen molar-refractivity contribution in [2.45, 2.75) is 13.1 Å². The lowest BCUT2D eigenvalue weighted by molar-refractivity contribution is 0.693. The predicted octanol–water partition coefficient (Wildman–Crippen LogP) is 4.10. The summed E-state index contributed by atoms with van der Waals surface area (Å²) in [6.45, 7) is 1.48. The van der Waals surface area contributed by atoms with Crippen LogP contribution >= 0.6 is 35.6 Å². The topological polar surface area (TPSA) is 24.9 Å². The summed E-state index contributed by atoms with van der Waals surface area (Å²) in [7, 11) is 0. The van der Waals surface area contributed by atoms with Crippen LogP contribution in [0.15, 0.2) is 42.7 Å². The summed E-state index contributed by atoms with van der Waals surface area (Å²) in [5.74, 6) is 0. The van der Waals surface area contributed by atoms with Gasteiger partial charge in [0, 0.05) is 25.5 Å². The number of nitrogens with one attached hydrogen (secondary N) is 1. The zero-order chi connectivity index (χ0) is 12.1. The molecule has 0 saturated carbocycles. The maximum Gasteiger partial charge on any atom is 0.0637 e. The van der Waals surface area contributed by atoms with Crippen LogP contribution in [0.3, 0.4) is 0 Å². The zero-order valence-electron chi connectivity index (χ0n) is 9.57. The van der Waals surface area contributed by atoms with Crippen molar-refractivity contribution >= 4 is 35.6 Å². The van der Waals surface area contributed by atoms with Gasteiger partial charge in [-0.15, -0.1) is 12.4 Å². The van der Waals surface area contributed by atoms with E-state index in [9.17, 15) is 0 Å². The van der Waals surface area contributed by atoms with E-state index < -0.39 is 0 Å². The summed E-state index contributed by atoms with van der Waals surface area (Å²) in [5.41, 5.74) is 2.20. The molecule has 0 aliphatic heterocycles. The van der Waals surface area contributed by atoms with Crippen LogP contribution in [0.2, 0.25) is 10.0 Å². The normalized spacial score (nSPS) is 9.89. The monoisotopic (exact) mass is 302 g/mol. The van der Waals surface area contributed by atoms with Gasteiger partial charge in [-0.05, 0) is 29.3 Å². The highest BCUT2D eigenvalue weighted by Gasteiger charge is 2.03. The SMILES string of the molecule is Cl.Clc1cccc(CNCc2ccncc2)c1Cl. The van der Waals surface area contributed by atoms with E-state index in [1.165, 1.54) is 5.56 Å². The van der Waals surface area contributed by atoms with Gasteiger partial charge in [-0.2, -0.15) is 0 Å². The second-order valence-electron chi connectivity index (χ2n) is 3.67. The summed E-state index contributed by atoms with van der Waals surface area (Å²) in [6, 6.07) is 9.61. The van der Waals surface area contributed by atoms with Gasteiger partial charge in [0.2, 0.25) is 0 Å². The Hall–Kier alpha value is -0.800. The van der Waals surface area contributed by atoms with E-state index in [1.54, 1.807) is 18.5 Å². The first kappa shape index (κ1) is 15.3. The largest absolute Gasteiger partial charge is 0.309 e. The van der Waals surface area contributed by atoms with E-state index in [0.29, 0.717) is 16.6 Å². The molecule has 1 aromatic heterocycles. The molecule has 0 atom stereocenters. The molecule has 1 heterocycles. The first-order valence-electron chi connectivity index (χ1n) is 5.30. The lowest BCUT2D eigenvalue weighted by atomic mass is 10.2. The maximum absolute atomic E-state index is 6.09. The Morgan fingerprint density at radius 2 is 1.72 bits per heavy atom. The summed E-state index contributed by atoms with van der Waals surface area (Å²) in [6.07, 6.45) is 3.56. The van der Waals surface area contributed by atoms with Crippen molar-refractivity contribution in [3.63, 3.8) is 0 Å². The maximum atomic E-state index is 6.09. The molecule has 2 nitrogen and oxygen atoms in total. The Morgan fingerprint density at radius 3 is 2.44 bits per heavy atom. The molecule has 2 aromatic rings. The van der Waals surface area contributed by atoms with E-state index >= 15 is 0 Å². The number of pyridine rings is 1. The van der Waals surface area contributed by atoms with Crippen LogP contribution in [0.5, 0.6) is 0 Å². The van der Waals surface area contributed by atoms with Crippen LogP contribution in [0.1, 0.15) is 11.1 Å². The van der Waals surface area contributed by atoms with Crippen molar-refractivity contribution in [2.75, 3.05) is 0 Å². The molecule has 5 heteroatoms. The molecule has 0 saturated heterocycles. The van der Waals surface area contributed by atoms with Gasteiger partial charge in [0.1, 0.15) is 0 Å².